The standard InChI is InChI=1S/C8H13ClN4O2S/c1-5-6(2)13-8(7(9)12-5)11-3-4-16(10,14)15/h3-4H2,1-2H3,(H,11,13)(H2,10,14,15). The Hall–Kier alpha value is -0.920. The molecule has 0 bridgehead atoms. The van der Waals surface area contributed by atoms with E-state index in [-0.39, 0.29) is 17.5 Å². The SMILES string of the molecule is Cc1nc(Cl)c(NCCS(N)(=O)=O)nc1C. The van der Waals surface area contributed by atoms with Crippen LogP contribution in [-0.4, -0.2) is 30.7 Å². The minimum absolute atomic E-state index is 0.149. The van der Waals surface area contributed by atoms with E-state index in [9.17, 15) is 8.42 Å². The second-order valence-corrected chi connectivity index (χ2v) is 5.42. The molecule has 1 heterocycles. The van der Waals surface area contributed by atoms with Crippen molar-refractivity contribution in [3.63, 3.8) is 0 Å². The van der Waals surface area contributed by atoms with E-state index in [1.54, 1.807) is 13.8 Å². The molecule has 1 rings (SSSR count). The molecule has 0 aromatic carbocycles. The maximum Gasteiger partial charge on any atom is 0.210 e. The van der Waals surface area contributed by atoms with Crippen molar-refractivity contribution in [2.45, 2.75) is 13.8 Å². The number of halogens is 1. The summed E-state index contributed by atoms with van der Waals surface area (Å²) in [6.07, 6.45) is 0. The number of nitrogens with one attached hydrogen (secondary N) is 1. The first kappa shape index (κ1) is 13.1. The monoisotopic (exact) mass is 264 g/mol. The third-order valence-corrected chi connectivity index (χ3v) is 2.98. The average Bonchev–Trinajstić information content (AvgIpc) is 2.11. The maximum atomic E-state index is 10.7. The van der Waals surface area contributed by atoms with Crippen molar-refractivity contribution in [1.29, 1.82) is 0 Å². The molecule has 6 nitrogen and oxygen atoms in total. The summed E-state index contributed by atoms with van der Waals surface area (Å²) >= 11 is 5.83. The highest BCUT2D eigenvalue weighted by Crippen LogP contribution is 2.17. The van der Waals surface area contributed by atoms with Crippen LogP contribution in [0.4, 0.5) is 5.82 Å². The number of aryl methyl sites for hydroxylation is 2. The highest BCUT2D eigenvalue weighted by molar-refractivity contribution is 7.89. The van der Waals surface area contributed by atoms with Crippen molar-refractivity contribution in [3.05, 3.63) is 16.5 Å². The van der Waals surface area contributed by atoms with Gasteiger partial charge in [-0.2, -0.15) is 0 Å². The van der Waals surface area contributed by atoms with Crippen LogP contribution in [0.2, 0.25) is 5.15 Å². The van der Waals surface area contributed by atoms with Gasteiger partial charge < -0.3 is 5.32 Å². The molecule has 0 aliphatic rings. The molecule has 0 saturated heterocycles. The van der Waals surface area contributed by atoms with Crippen LogP contribution in [0.3, 0.4) is 0 Å². The number of aromatic nitrogens is 2. The predicted molar refractivity (Wildman–Crippen MR) is 63.0 cm³/mol. The summed E-state index contributed by atoms with van der Waals surface area (Å²) in [7, 11) is -3.48. The Morgan fingerprint density at radius 2 is 1.88 bits per heavy atom. The molecular formula is C8H13ClN4O2S. The number of sulfonamides is 1. The lowest BCUT2D eigenvalue weighted by molar-refractivity contribution is 0.598. The molecule has 0 atom stereocenters. The Morgan fingerprint density at radius 3 is 2.44 bits per heavy atom. The molecule has 1 aromatic rings. The summed E-state index contributed by atoms with van der Waals surface area (Å²) in [6.45, 7) is 3.74. The fourth-order valence-electron chi connectivity index (χ4n) is 1.000. The van der Waals surface area contributed by atoms with Crippen LogP contribution in [0, 0.1) is 13.8 Å². The molecule has 8 heteroatoms. The Balaban J connectivity index is 2.71. The Bertz CT molecular complexity index is 489. The highest BCUT2D eigenvalue weighted by atomic mass is 35.5. The number of hydrogen-bond acceptors (Lipinski definition) is 5. The van der Waals surface area contributed by atoms with E-state index in [1.807, 2.05) is 0 Å². The van der Waals surface area contributed by atoms with Gasteiger partial charge in [0.05, 0.1) is 17.1 Å². The van der Waals surface area contributed by atoms with E-state index < -0.39 is 10.0 Å². The molecule has 3 N–H and O–H groups in total. The molecule has 0 aliphatic carbocycles. The number of hydrogen-bond donors (Lipinski definition) is 2. The van der Waals surface area contributed by atoms with Crippen molar-refractivity contribution < 1.29 is 8.42 Å². The third kappa shape index (κ3) is 3.92. The molecule has 16 heavy (non-hydrogen) atoms. The Labute approximate surface area is 99.3 Å². The first-order chi connectivity index (χ1) is 7.29. The molecule has 0 fully saturated rings. The van der Waals surface area contributed by atoms with E-state index in [1.165, 1.54) is 0 Å². The smallest absolute Gasteiger partial charge is 0.210 e. The number of nitrogens with two attached hydrogens (primary N) is 1. The van der Waals surface area contributed by atoms with Crippen molar-refractivity contribution in [1.82, 2.24) is 9.97 Å². The second kappa shape index (κ2) is 4.94. The van der Waals surface area contributed by atoms with E-state index in [2.05, 4.69) is 15.3 Å². The zero-order valence-corrected chi connectivity index (χ0v) is 10.6. The van der Waals surface area contributed by atoms with Crippen LogP contribution in [0.15, 0.2) is 0 Å². The van der Waals surface area contributed by atoms with Gasteiger partial charge in [-0.25, -0.2) is 23.5 Å². The maximum absolute atomic E-state index is 10.7. The molecule has 0 saturated carbocycles. The van der Waals surface area contributed by atoms with Gasteiger partial charge in [0, 0.05) is 6.54 Å². The summed E-state index contributed by atoms with van der Waals surface area (Å²) in [4.78, 5) is 8.20. The van der Waals surface area contributed by atoms with E-state index in [0.717, 1.165) is 11.4 Å². The van der Waals surface area contributed by atoms with E-state index in [4.69, 9.17) is 16.7 Å². The van der Waals surface area contributed by atoms with Gasteiger partial charge in [0.15, 0.2) is 11.0 Å². The normalized spacial score (nSPS) is 11.5. The number of anilines is 1. The second-order valence-electron chi connectivity index (χ2n) is 3.33. The zero-order chi connectivity index (χ0) is 12.3. The number of primary sulfonamides is 1. The van der Waals surface area contributed by atoms with Gasteiger partial charge in [0.25, 0.3) is 0 Å². The van der Waals surface area contributed by atoms with Gasteiger partial charge in [0.1, 0.15) is 0 Å². The van der Waals surface area contributed by atoms with Crippen LogP contribution < -0.4 is 10.5 Å². The van der Waals surface area contributed by atoms with Crippen LogP contribution in [0.1, 0.15) is 11.4 Å². The summed E-state index contributed by atoms with van der Waals surface area (Å²) in [5.41, 5.74) is 1.48. The first-order valence-corrected chi connectivity index (χ1v) is 6.64. The minimum Gasteiger partial charge on any atom is -0.366 e. The molecular weight excluding hydrogens is 252 g/mol. The highest BCUT2D eigenvalue weighted by Gasteiger charge is 2.08. The Morgan fingerprint density at radius 1 is 1.31 bits per heavy atom. The van der Waals surface area contributed by atoms with Crippen LogP contribution in [0.5, 0.6) is 0 Å². The molecule has 1 aromatic heterocycles. The topological polar surface area (TPSA) is 98.0 Å². The Kier molecular flexibility index (Phi) is 4.06. The summed E-state index contributed by atoms with van der Waals surface area (Å²) in [5, 5.41) is 7.85. The molecule has 0 spiro atoms. The summed E-state index contributed by atoms with van der Waals surface area (Å²) in [5.74, 6) is 0.186. The van der Waals surface area contributed by atoms with Crippen LogP contribution in [-0.2, 0) is 10.0 Å². The molecule has 0 aliphatic heterocycles. The van der Waals surface area contributed by atoms with Gasteiger partial charge in [-0.1, -0.05) is 11.6 Å². The lowest BCUT2D eigenvalue weighted by atomic mass is 10.3. The van der Waals surface area contributed by atoms with Crippen molar-refractivity contribution in [2.24, 2.45) is 5.14 Å². The van der Waals surface area contributed by atoms with Gasteiger partial charge in [-0.05, 0) is 13.8 Å². The van der Waals surface area contributed by atoms with Gasteiger partial charge in [-0.3, -0.25) is 0 Å². The van der Waals surface area contributed by atoms with Gasteiger partial charge in [0.2, 0.25) is 10.0 Å². The van der Waals surface area contributed by atoms with Crippen LogP contribution in [0.25, 0.3) is 0 Å². The molecule has 0 radical (unpaired) electrons. The fourth-order valence-corrected chi connectivity index (χ4v) is 1.62. The summed E-state index contributed by atoms with van der Waals surface area (Å²) < 4.78 is 21.4. The van der Waals surface area contributed by atoms with Gasteiger partial charge in [-0.15, -0.1) is 0 Å². The molecule has 90 valence electrons. The predicted octanol–water partition coefficient (Wildman–Crippen LogP) is 0.447. The molecule has 0 unspecified atom stereocenters. The first-order valence-electron chi connectivity index (χ1n) is 4.54. The fraction of sp³-hybridized carbons (Fsp3) is 0.500. The quantitative estimate of drug-likeness (QED) is 0.823. The van der Waals surface area contributed by atoms with Crippen LogP contribution >= 0.6 is 11.6 Å². The minimum atomic E-state index is -3.48. The van der Waals surface area contributed by atoms with E-state index in [0.29, 0.717) is 5.82 Å². The lowest BCUT2D eigenvalue weighted by Crippen LogP contribution is -2.22. The van der Waals surface area contributed by atoms with Crippen molar-refractivity contribution in [2.75, 3.05) is 17.6 Å². The third-order valence-electron chi connectivity index (χ3n) is 1.94. The largest absolute Gasteiger partial charge is 0.366 e. The van der Waals surface area contributed by atoms with Crippen molar-refractivity contribution >= 4 is 27.4 Å². The van der Waals surface area contributed by atoms with Crippen molar-refractivity contribution in [3.8, 4) is 0 Å². The average molecular weight is 265 g/mol. The number of rotatable bonds is 4. The summed E-state index contributed by atoms with van der Waals surface area (Å²) in [6, 6.07) is 0. The van der Waals surface area contributed by atoms with E-state index >= 15 is 0 Å². The van der Waals surface area contributed by atoms with Gasteiger partial charge >= 0.3 is 0 Å². The lowest BCUT2D eigenvalue weighted by Gasteiger charge is -2.08. The zero-order valence-electron chi connectivity index (χ0n) is 8.99. The number of nitrogens with zero attached hydrogens (tertiary/aromatic N) is 2. The molecule has 0 amide bonds.